The first-order valence-electron chi connectivity index (χ1n) is 7.76. The van der Waals surface area contributed by atoms with Crippen LogP contribution in [0.3, 0.4) is 0 Å². The summed E-state index contributed by atoms with van der Waals surface area (Å²) in [6, 6.07) is 7.01. The number of aromatic nitrogens is 2. The van der Waals surface area contributed by atoms with E-state index in [1.807, 2.05) is 0 Å². The van der Waals surface area contributed by atoms with Crippen LogP contribution in [-0.2, 0) is 0 Å². The van der Waals surface area contributed by atoms with Crippen LogP contribution < -0.4 is 10.2 Å². The van der Waals surface area contributed by atoms with Gasteiger partial charge in [0.2, 0.25) is 0 Å². The van der Waals surface area contributed by atoms with E-state index in [2.05, 4.69) is 27.1 Å². The van der Waals surface area contributed by atoms with E-state index < -0.39 is 0 Å². The maximum absolute atomic E-state index is 12.2. The highest BCUT2D eigenvalue weighted by Gasteiger charge is 2.17. The minimum Gasteiger partial charge on any atom is -0.355 e. The minimum absolute atomic E-state index is 0.291. The number of piperidine rings is 1. The van der Waals surface area contributed by atoms with Crippen LogP contribution in [0.1, 0.15) is 30.3 Å². The van der Waals surface area contributed by atoms with Crippen LogP contribution in [0.4, 0.5) is 11.5 Å². The maximum Gasteiger partial charge on any atom is 0.275 e. The molecule has 0 radical (unpaired) electrons. The van der Waals surface area contributed by atoms with Gasteiger partial charge in [0.25, 0.3) is 5.91 Å². The molecule has 120 valence electrons. The van der Waals surface area contributed by atoms with Crippen LogP contribution in [0, 0.1) is 5.92 Å². The lowest BCUT2D eigenvalue weighted by molar-refractivity contribution is 0.102. The van der Waals surface area contributed by atoms with Gasteiger partial charge in [0.15, 0.2) is 0 Å². The lowest BCUT2D eigenvalue weighted by Crippen LogP contribution is -2.33. The molecule has 0 unspecified atom stereocenters. The number of carbonyl (C=O) groups is 1. The summed E-state index contributed by atoms with van der Waals surface area (Å²) in [5.74, 6) is 1.30. The van der Waals surface area contributed by atoms with Gasteiger partial charge < -0.3 is 10.2 Å². The molecule has 5 nitrogen and oxygen atoms in total. The number of halogens is 1. The molecule has 1 aliphatic rings. The van der Waals surface area contributed by atoms with Gasteiger partial charge in [-0.2, -0.15) is 0 Å². The Balaban J connectivity index is 1.65. The van der Waals surface area contributed by atoms with E-state index in [1.165, 1.54) is 19.0 Å². The van der Waals surface area contributed by atoms with Gasteiger partial charge in [0.1, 0.15) is 11.5 Å². The second kappa shape index (κ2) is 6.96. The van der Waals surface area contributed by atoms with Gasteiger partial charge in [0, 0.05) is 23.8 Å². The molecule has 1 aromatic heterocycles. The molecule has 0 spiro atoms. The van der Waals surface area contributed by atoms with Crippen molar-refractivity contribution in [2.24, 2.45) is 5.92 Å². The Kier molecular flexibility index (Phi) is 4.76. The number of rotatable bonds is 3. The fraction of sp³-hybridized carbons (Fsp3) is 0.353. The molecule has 0 bridgehead atoms. The second-order valence-corrected chi connectivity index (χ2v) is 6.33. The van der Waals surface area contributed by atoms with Gasteiger partial charge in [0.05, 0.1) is 12.4 Å². The lowest BCUT2D eigenvalue weighted by atomic mass is 9.99. The molecule has 6 heteroatoms. The largest absolute Gasteiger partial charge is 0.355 e. The number of carbonyl (C=O) groups excluding carboxylic acids is 1. The van der Waals surface area contributed by atoms with Crippen molar-refractivity contribution in [3.05, 3.63) is 47.4 Å². The summed E-state index contributed by atoms with van der Waals surface area (Å²) in [5, 5.41) is 3.34. The highest BCUT2D eigenvalue weighted by atomic mass is 35.5. The number of benzene rings is 1. The number of amides is 1. The van der Waals surface area contributed by atoms with Crippen LogP contribution in [0.15, 0.2) is 36.7 Å². The Morgan fingerprint density at radius 1 is 1.26 bits per heavy atom. The summed E-state index contributed by atoms with van der Waals surface area (Å²) in [7, 11) is 0. The molecule has 23 heavy (non-hydrogen) atoms. The van der Waals surface area contributed by atoms with Gasteiger partial charge in [-0.25, -0.2) is 9.97 Å². The predicted octanol–water partition coefficient (Wildman–Crippen LogP) is 3.62. The zero-order chi connectivity index (χ0) is 16.2. The number of nitrogens with one attached hydrogen (secondary N) is 1. The van der Waals surface area contributed by atoms with Gasteiger partial charge >= 0.3 is 0 Å². The topological polar surface area (TPSA) is 58.1 Å². The van der Waals surface area contributed by atoms with E-state index in [-0.39, 0.29) is 5.91 Å². The first-order valence-corrected chi connectivity index (χ1v) is 8.13. The van der Waals surface area contributed by atoms with Crippen LogP contribution in [0.2, 0.25) is 5.02 Å². The third-order valence-corrected chi connectivity index (χ3v) is 4.30. The van der Waals surface area contributed by atoms with E-state index in [4.69, 9.17) is 11.6 Å². The highest BCUT2D eigenvalue weighted by Crippen LogP contribution is 2.21. The van der Waals surface area contributed by atoms with Crippen molar-refractivity contribution in [3.63, 3.8) is 0 Å². The van der Waals surface area contributed by atoms with Crippen molar-refractivity contribution in [2.45, 2.75) is 19.8 Å². The SMILES string of the molecule is CC1CCN(c2cnc(C(=O)Nc3cccc(Cl)c3)cn2)CC1. The fourth-order valence-electron chi connectivity index (χ4n) is 2.60. The van der Waals surface area contributed by atoms with Gasteiger partial charge in [-0.1, -0.05) is 24.6 Å². The monoisotopic (exact) mass is 330 g/mol. The van der Waals surface area contributed by atoms with Crippen LogP contribution >= 0.6 is 11.6 Å². The molecule has 3 rings (SSSR count). The Labute approximate surface area is 140 Å². The molecule has 0 atom stereocenters. The Morgan fingerprint density at radius 2 is 2.04 bits per heavy atom. The molecule has 2 heterocycles. The van der Waals surface area contributed by atoms with E-state index in [1.54, 1.807) is 30.5 Å². The number of hydrogen-bond acceptors (Lipinski definition) is 4. The summed E-state index contributed by atoms with van der Waals surface area (Å²) >= 11 is 5.91. The fourth-order valence-corrected chi connectivity index (χ4v) is 2.79. The Hall–Kier alpha value is -2.14. The van der Waals surface area contributed by atoms with Gasteiger partial charge in [-0.15, -0.1) is 0 Å². The molecule has 1 fully saturated rings. The summed E-state index contributed by atoms with van der Waals surface area (Å²) in [5.41, 5.74) is 0.928. The van der Waals surface area contributed by atoms with Crippen molar-refractivity contribution >= 4 is 29.0 Å². The zero-order valence-corrected chi connectivity index (χ0v) is 13.8. The van der Waals surface area contributed by atoms with Gasteiger partial charge in [-0.05, 0) is 37.0 Å². The molecule has 0 aliphatic carbocycles. The Bertz CT molecular complexity index is 681. The predicted molar refractivity (Wildman–Crippen MR) is 92.0 cm³/mol. The van der Waals surface area contributed by atoms with E-state index in [0.29, 0.717) is 16.4 Å². The van der Waals surface area contributed by atoms with E-state index >= 15 is 0 Å². The average Bonchev–Trinajstić information content (AvgIpc) is 2.56. The number of nitrogens with zero attached hydrogens (tertiary/aromatic N) is 3. The zero-order valence-electron chi connectivity index (χ0n) is 13.0. The molecular weight excluding hydrogens is 312 g/mol. The van der Waals surface area contributed by atoms with Crippen molar-refractivity contribution in [3.8, 4) is 0 Å². The third-order valence-electron chi connectivity index (χ3n) is 4.06. The molecule has 1 N–H and O–H groups in total. The van der Waals surface area contributed by atoms with E-state index in [9.17, 15) is 4.79 Å². The summed E-state index contributed by atoms with van der Waals surface area (Å²) in [6.07, 6.45) is 5.52. The van der Waals surface area contributed by atoms with Crippen molar-refractivity contribution in [2.75, 3.05) is 23.3 Å². The standard InChI is InChI=1S/C17H19ClN4O/c1-12-5-7-22(8-6-12)16-11-19-15(10-20-16)17(23)21-14-4-2-3-13(18)9-14/h2-4,9-12H,5-8H2,1H3,(H,21,23). The first kappa shape index (κ1) is 15.7. The van der Waals surface area contributed by atoms with Crippen LogP contribution in [0.5, 0.6) is 0 Å². The minimum atomic E-state index is -0.293. The molecule has 2 aromatic rings. The molecular formula is C17H19ClN4O. The first-order chi connectivity index (χ1) is 11.1. The molecule has 1 saturated heterocycles. The van der Waals surface area contributed by atoms with Crippen molar-refractivity contribution in [1.29, 1.82) is 0 Å². The average molecular weight is 331 g/mol. The maximum atomic E-state index is 12.2. The summed E-state index contributed by atoms with van der Waals surface area (Å²) in [6.45, 7) is 4.25. The lowest BCUT2D eigenvalue weighted by Gasteiger charge is -2.30. The quantitative estimate of drug-likeness (QED) is 0.933. The summed E-state index contributed by atoms with van der Waals surface area (Å²) < 4.78 is 0. The van der Waals surface area contributed by atoms with Crippen molar-refractivity contribution < 1.29 is 4.79 Å². The molecule has 1 aliphatic heterocycles. The summed E-state index contributed by atoms with van der Waals surface area (Å²) in [4.78, 5) is 23.0. The number of anilines is 2. The number of hydrogen-bond donors (Lipinski definition) is 1. The molecule has 0 saturated carbocycles. The van der Waals surface area contributed by atoms with Crippen LogP contribution in [-0.4, -0.2) is 29.0 Å². The molecule has 1 amide bonds. The van der Waals surface area contributed by atoms with Gasteiger partial charge in [-0.3, -0.25) is 4.79 Å². The Morgan fingerprint density at radius 3 is 2.70 bits per heavy atom. The van der Waals surface area contributed by atoms with E-state index in [0.717, 1.165) is 24.8 Å². The van der Waals surface area contributed by atoms with Crippen LogP contribution in [0.25, 0.3) is 0 Å². The smallest absolute Gasteiger partial charge is 0.275 e. The molecule has 1 aromatic carbocycles. The second-order valence-electron chi connectivity index (χ2n) is 5.89. The normalized spacial score (nSPS) is 15.5. The third kappa shape index (κ3) is 3.99. The van der Waals surface area contributed by atoms with Crippen molar-refractivity contribution in [1.82, 2.24) is 9.97 Å². The highest BCUT2D eigenvalue weighted by molar-refractivity contribution is 6.30.